The van der Waals surface area contributed by atoms with Crippen molar-refractivity contribution in [3.63, 3.8) is 0 Å². The number of nitrogens with zero attached hydrogens (tertiary/aromatic N) is 2. The van der Waals surface area contributed by atoms with Gasteiger partial charge in [-0.15, -0.1) is 0 Å². The minimum Gasteiger partial charge on any atom is -0.399 e. The van der Waals surface area contributed by atoms with Gasteiger partial charge in [0.25, 0.3) is 0 Å². The number of fused-ring (bicyclic) bond motifs is 1. The summed E-state index contributed by atoms with van der Waals surface area (Å²) in [5.74, 6) is -1.29. The summed E-state index contributed by atoms with van der Waals surface area (Å²) < 4.78 is 52.3. The summed E-state index contributed by atoms with van der Waals surface area (Å²) in [4.78, 5) is 12.7. The molecule has 26 heavy (non-hydrogen) atoms. The number of anilines is 1. The molecule has 8 nitrogen and oxygen atoms in total. The predicted octanol–water partition coefficient (Wildman–Crippen LogP) is 0.744. The van der Waals surface area contributed by atoms with Crippen LogP contribution in [0.3, 0.4) is 0 Å². The molecule has 1 aromatic carbocycles. The summed E-state index contributed by atoms with van der Waals surface area (Å²) in [6.45, 7) is 1.88. The lowest BCUT2D eigenvalue weighted by molar-refractivity contribution is -0.127. The number of carbonyl (C=O) groups is 1. The summed E-state index contributed by atoms with van der Waals surface area (Å²) >= 11 is 0. The van der Waals surface area contributed by atoms with Gasteiger partial charge in [0.1, 0.15) is 0 Å². The Hall–Kier alpha value is -1.91. The van der Waals surface area contributed by atoms with Gasteiger partial charge in [-0.25, -0.2) is 21.1 Å². The molecule has 0 bridgehead atoms. The third-order valence-corrected chi connectivity index (χ3v) is 7.52. The number of hydrogen-bond donors (Lipinski definition) is 1. The van der Waals surface area contributed by atoms with Gasteiger partial charge in [0.05, 0.1) is 28.8 Å². The average molecular weight is 399 g/mol. The highest BCUT2D eigenvalue weighted by Crippen LogP contribution is 2.42. The van der Waals surface area contributed by atoms with E-state index in [9.17, 15) is 21.6 Å². The number of hydrogen-bond acceptors (Lipinski definition) is 6. The van der Waals surface area contributed by atoms with Crippen LogP contribution in [0.1, 0.15) is 19.8 Å². The fraction of sp³-hybridized carbons (Fsp3) is 0.438. The van der Waals surface area contributed by atoms with Crippen LogP contribution >= 0.6 is 0 Å². The number of rotatable bonds is 5. The molecule has 1 saturated heterocycles. The van der Waals surface area contributed by atoms with Gasteiger partial charge in [0.15, 0.2) is 0 Å². The first-order valence-electron chi connectivity index (χ1n) is 8.20. The SMILES string of the molecule is CCC[C@H]1C(=O)N(S(C)(=O)=O)C2=CCN(S(=O)(=O)c3cccc(N)c3)[C@@H]21. The lowest BCUT2D eigenvalue weighted by atomic mass is 9.97. The molecule has 142 valence electrons. The first kappa shape index (κ1) is 18.9. The van der Waals surface area contributed by atoms with Gasteiger partial charge in [0.2, 0.25) is 26.0 Å². The third kappa shape index (κ3) is 2.91. The molecule has 1 amide bonds. The Morgan fingerprint density at radius 1 is 1.23 bits per heavy atom. The van der Waals surface area contributed by atoms with Gasteiger partial charge in [0, 0.05) is 12.2 Å². The molecule has 2 aliphatic rings. The highest BCUT2D eigenvalue weighted by atomic mass is 32.2. The van der Waals surface area contributed by atoms with E-state index in [1.54, 1.807) is 12.1 Å². The summed E-state index contributed by atoms with van der Waals surface area (Å²) in [6, 6.07) is 5.09. The molecule has 0 unspecified atom stereocenters. The molecule has 10 heteroatoms. The van der Waals surface area contributed by atoms with Crippen LogP contribution < -0.4 is 5.73 Å². The van der Waals surface area contributed by atoms with Crippen molar-refractivity contribution >= 4 is 31.6 Å². The van der Waals surface area contributed by atoms with E-state index in [4.69, 9.17) is 5.73 Å². The smallest absolute Gasteiger partial charge is 0.245 e. The van der Waals surface area contributed by atoms with Crippen molar-refractivity contribution < 1.29 is 21.6 Å². The molecule has 2 aliphatic heterocycles. The third-order valence-electron chi connectivity index (χ3n) is 4.62. The second-order valence-corrected chi connectivity index (χ2v) is 10.2. The minimum atomic E-state index is -3.93. The number of nitrogens with two attached hydrogens (primary N) is 1. The van der Waals surface area contributed by atoms with Crippen LogP contribution in [0, 0.1) is 5.92 Å². The van der Waals surface area contributed by atoms with Gasteiger partial charge in [-0.3, -0.25) is 4.79 Å². The number of carbonyl (C=O) groups excluding carboxylic acids is 1. The maximum Gasteiger partial charge on any atom is 0.245 e. The summed E-state index contributed by atoms with van der Waals surface area (Å²) in [5, 5.41) is 0. The number of sulfonamides is 2. The van der Waals surface area contributed by atoms with Crippen molar-refractivity contribution in [2.75, 3.05) is 18.5 Å². The lowest BCUT2D eigenvalue weighted by Gasteiger charge is -2.26. The molecule has 0 radical (unpaired) electrons. The second kappa shape index (κ2) is 6.36. The van der Waals surface area contributed by atoms with Crippen molar-refractivity contribution in [3.05, 3.63) is 36.0 Å². The summed E-state index contributed by atoms with van der Waals surface area (Å²) in [7, 11) is -7.75. The van der Waals surface area contributed by atoms with Crippen LogP contribution in [0.2, 0.25) is 0 Å². The molecule has 1 fully saturated rings. The van der Waals surface area contributed by atoms with Gasteiger partial charge in [-0.05, 0) is 30.7 Å². The zero-order chi connectivity index (χ0) is 19.3. The average Bonchev–Trinajstić information content (AvgIpc) is 3.06. The molecule has 1 aromatic rings. The van der Waals surface area contributed by atoms with Crippen LogP contribution in [0.5, 0.6) is 0 Å². The molecule has 3 rings (SSSR count). The van der Waals surface area contributed by atoms with E-state index in [1.165, 1.54) is 22.5 Å². The van der Waals surface area contributed by atoms with Gasteiger partial charge in [-0.1, -0.05) is 19.4 Å². The van der Waals surface area contributed by atoms with E-state index in [2.05, 4.69) is 0 Å². The first-order valence-corrected chi connectivity index (χ1v) is 11.5. The number of benzene rings is 1. The molecule has 2 atom stereocenters. The van der Waals surface area contributed by atoms with Crippen molar-refractivity contribution in [3.8, 4) is 0 Å². The van der Waals surface area contributed by atoms with E-state index in [0.717, 1.165) is 10.6 Å². The first-order chi connectivity index (χ1) is 12.1. The molecule has 0 aliphatic carbocycles. The maximum absolute atomic E-state index is 13.1. The minimum absolute atomic E-state index is 0.0106. The molecule has 0 saturated carbocycles. The van der Waals surface area contributed by atoms with Gasteiger partial charge >= 0.3 is 0 Å². The largest absolute Gasteiger partial charge is 0.399 e. The van der Waals surface area contributed by atoms with Crippen molar-refractivity contribution in [1.29, 1.82) is 0 Å². The van der Waals surface area contributed by atoms with Crippen molar-refractivity contribution in [2.24, 2.45) is 5.92 Å². The summed E-state index contributed by atoms with van der Waals surface area (Å²) in [5.41, 5.74) is 6.23. The number of nitrogen functional groups attached to an aromatic ring is 1. The summed E-state index contributed by atoms with van der Waals surface area (Å²) in [6.07, 6.45) is 3.48. The molecule has 0 aromatic heterocycles. The second-order valence-electron chi connectivity index (χ2n) is 6.48. The molecule has 0 spiro atoms. The topological polar surface area (TPSA) is 118 Å². The Morgan fingerprint density at radius 3 is 2.50 bits per heavy atom. The van der Waals surface area contributed by atoms with Crippen LogP contribution in [0.25, 0.3) is 0 Å². The fourth-order valence-electron chi connectivity index (χ4n) is 3.59. The predicted molar refractivity (Wildman–Crippen MR) is 96.7 cm³/mol. The van der Waals surface area contributed by atoms with Gasteiger partial charge in [-0.2, -0.15) is 4.31 Å². The Balaban J connectivity index is 2.07. The van der Waals surface area contributed by atoms with E-state index in [0.29, 0.717) is 18.5 Å². The van der Waals surface area contributed by atoms with E-state index >= 15 is 0 Å². The van der Waals surface area contributed by atoms with Gasteiger partial charge < -0.3 is 5.73 Å². The zero-order valence-corrected chi connectivity index (χ0v) is 16.1. The highest BCUT2D eigenvalue weighted by Gasteiger charge is 2.55. The fourth-order valence-corrected chi connectivity index (χ4v) is 6.25. The molecule has 2 N–H and O–H groups in total. The Labute approximate surface area is 153 Å². The van der Waals surface area contributed by atoms with E-state index in [-0.39, 0.29) is 17.1 Å². The van der Waals surface area contributed by atoms with Crippen LogP contribution in [0.15, 0.2) is 40.9 Å². The van der Waals surface area contributed by atoms with E-state index < -0.39 is 37.9 Å². The lowest BCUT2D eigenvalue weighted by Crippen LogP contribution is -2.41. The zero-order valence-electron chi connectivity index (χ0n) is 14.5. The molecular formula is C16H21N3O5S2. The van der Waals surface area contributed by atoms with Crippen molar-refractivity contribution in [1.82, 2.24) is 8.61 Å². The maximum atomic E-state index is 13.1. The van der Waals surface area contributed by atoms with Crippen LogP contribution in [-0.2, 0) is 24.8 Å². The molecular weight excluding hydrogens is 378 g/mol. The number of amides is 1. The van der Waals surface area contributed by atoms with Crippen LogP contribution in [-0.4, -0.2) is 50.2 Å². The molecule has 2 heterocycles. The Kier molecular flexibility index (Phi) is 4.62. The quantitative estimate of drug-likeness (QED) is 0.730. The standard InChI is InChI=1S/C16H21N3O5S2/c1-3-5-13-15-14(19(16(13)20)25(2,21)22)8-9-18(15)26(23,24)12-7-4-6-11(17)10-12/h4,6-8,10,13,15H,3,5,9,17H2,1-2H3/t13-,15-/m1/s1. The van der Waals surface area contributed by atoms with Crippen molar-refractivity contribution in [2.45, 2.75) is 30.7 Å². The Bertz CT molecular complexity index is 985. The van der Waals surface area contributed by atoms with Crippen LogP contribution in [0.4, 0.5) is 5.69 Å². The highest BCUT2D eigenvalue weighted by molar-refractivity contribution is 7.89. The normalized spacial score (nSPS) is 24.0. The monoisotopic (exact) mass is 399 g/mol. The Morgan fingerprint density at radius 2 is 1.92 bits per heavy atom. The van der Waals surface area contributed by atoms with E-state index in [1.807, 2.05) is 6.92 Å².